The first-order valence-corrected chi connectivity index (χ1v) is 3.32. The van der Waals surface area contributed by atoms with Crippen LogP contribution in [0.4, 0.5) is 4.79 Å². The largest absolute Gasteiger partial charge is 1.00 e. The van der Waals surface area contributed by atoms with Gasteiger partial charge in [-0.05, 0) is 18.0 Å². The Balaban J connectivity index is 0. The molecule has 0 spiro atoms. The van der Waals surface area contributed by atoms with E-state index < -0.39 is 22.5 Å². The average Bonchev–Trinajstić information content (AvgIpc) is 1.63. The van der Waals surface area contributed by atoms with Crippen LogP contribution in [0.1, 0.15) is 6.92 Å². The zero-order valence-electron chi connectivity index (χ0n) is 5.79. The van der Waals surface area contributed by atoms with E-state index in [0.29, 0.717) is 0 Å². The molecule has 54 valence electrons. The Hall–Kier alpha value is 0.380. The molecular weight excluding hydrogens is 167 g/mol. The molecule has 10 heavy (non-hydrogen) atoms. The molecule has 0 aromatic carbocycles. The summed E-state index contributed by atoms with van der Waals surface area (Å²) >= 11 is -2.29. The Morgan fingerprint density at radius 2 is 2.20 bits per heavy atom. The first kappa shape index (κ1) is 13.0. The minimum absolute atomic E-state index is 0. The summed E-state index contributed by atoms with van der Waals surface area (Å²) in [6.07, 6.45) is 0. The topological polar surface area (TPSA) is 95.2 Å². The van der Waals surface area contributed by atoms with Gasteiger partial charge in [-0.3, -0.25) is 4.21 Å². The Labute approximate surface area is 83.3 Å². The standard InChI is InChI=1S/C3H8N2O3S.Na/c1-2(9(7)8)5-3(4)6;/h2H,1H3,(H,7,8)(H3,4,5,6);/q;+1/p-1. The number of hydrogen-bond donors (Lipinski definition) is 2. The number of nitrogens with two attached hydrogens (primary N) is 1. The fourth-order valence-corrected chi connectivity index (χ4v) is 0.461. The quantitative estimate of drug-likeness (QED) is 0.329. The van der Waals surface area contributed by atoms with Crippen molar-refractivity contribution in [1.29, 1.82) is 0 Å². The molecule has 0 aromatic heterocycles. The zero-order valence-corrected chi connectivity index (χ0v) is 8.60. The fourth-order valence-electron chi connectivity index (χ4n) is 0.248. The van der Waals surface area contributed by atoms with Gasteiger partial charge in [-0.15, -0.1) is 0 Å². The van der Waals surface area contributed by atoms with Crippen LogP contribution in [-0.2, 0) is 11.1 Å². The molecule has 3 N–H and O–H groups in total. The van der Waals surface area contributed by atoms with Crippen LogP contribution in [0.5, 0.6) is 0 Å². The van der Waals surface area contributed by atoms with Crippen LogP contribution in [0, 0.1) is 0 Å². The maximum absolute atomic E-state index is 9.96. The molecule has 2 amide bonds. The molecule has 0 saturated carbocycles. The van der Waals surface area contributed by atoms with Crippen LogP contribution in [0.2, 0.25) is 0 Å². The Bertz CT molecular complexity index is 142. The number of carbonyl (C=O) groups excluding carboxylic acids is 1. The average molecular weight is 174 g/mol. The second-order valence-electron chi connectivity index (χ2n) is 1.41. The molecule has 2 unspecified atom stereocenters. The van der Waals surface area contributed by atoms with Crippen molar-refractivity contribution in [3.05, 3.63) is 0 Å². The van der Waals surface area contributed by atoms with Crippen molar-refractivity contribution in [2.75, 3.05) is 0 Å². The molecular formula is C3H7N2NaO3S. The van der Waals surface area contributed by atoms with Crippen molar-refractivity contribution in [3.63, 3.8) is 0 Å². The van der Waals surface area contributed by atoms with Gasteiger partial charge in [0, 0.05) is 0 Å². The van der Waals surface area contributed by atoms with Crippen LogP contribution < -0.4 is 40.6 Å². The van der Waals surface area contributed by atoms with E-state index in [1.54, 1.807) is 0 Å². The Kier molecular flexibility index (Phi) is 7.95. The number of carbonyl (C=O) groups is 1. The van der Waals surface area contributed by atoms with E-state index in [4.69, 9.17) is 0 Å². The van der Waals surface area contributed by atoms with Crippen molar-refractivity contribution in [2.45, 2.75) is 12.3 Å². The molecule has 0 radical (unpaired) electrons. The second-order valence-corrected chi connectivity index (χ2v) is 2.64. The molecule has 0 rings (SSSR count). The van der Waals surface area contributed by atoms with Crippen LogP contribution in [0.15, 0.2) is 0 Å². The van der Waals surface area contributed by atoms with E-state index in [-0.39, 0.29) is 29.6 Å². The van der Waals surface area contributed by atoms with E-state index in [1.165, 1.54) is 6.92 Å². The molecule has 2 atom stereocenters. The van der Waals surface area contributed by atoms with Gasteiger partial charge in [-0.2, -0.15) is 0 Å². The van der Waals surface area contributed by atoms with Crippen molar-refractivity contribution in [1.82, 2.24) is 5.32 Å². The van der Waals surface area contributed by atoms with E-state index in [9.17, 15) is 13.6 Å². The first-order valence-electron chi connectivity index (χ1n) is 2.18. The number of rotatable bonds is 2. The monoisotopic (exact) mass is 174 g/mol. The first-order chi connectivity index (χ1) is 4.04. The van der Waals surface area contributed by atoms with E-state index >= 15 is 0 Å². The summed E-state index contributed by atoms with van der Waals surface area (Å²) < 4.78 is 19.9. The predicted molar refractivity (Wildman–Crippen MR) is 31.1 cm³/mol. The van der Waals surface area contributed by atoms with Gasteiger partial charge >= 0.3 is 35.6 Å². The van der Waals surface area contributed by atoms with E-state index in [2.05, 4.69) is 5.73 Å². The molecule has 0 aliphatic rings. The van der Waals surface area contributed by atoms with Gasteiger partial charge in [0.15, 0.2) is 0 Å². The molecule has 0 heterocycles. The minimum atomic E-state index is -2.29. The van der Waals surface area contributed by atoms with Crippen molar-refractivity contribution in [3.8, 4) is 0 Å². The van der Waals surface area contributed by atoms with Gasteiger partial charge < -0.3 is 15.6 Å². The Morgan fingerprint density at radius 1 is 1.80 bits per heavy atom. The van der Waals surface area contributed by atoms with Crippen molar-refractivity contribution in [2.24, 2.45) is 5.73 Å². The predicted octanol–water partition coefficient (Wildman–Crippen LogP) is -4.12. The molecule has 5 nitrogen and oxygen atoms in total. The summed E-state index contributed by atoms with van der Waals surface area (Å²) in [6, 6.07) is -0.841. The number of urea groups is 1. The zero-order chi connectivity index (χ0) is 7.44. The smallest absolute Gasteiger partial charge is 0.771 e. The summed E-state index contributed by atoms with van der Waals surface area (Å²) in [6.45, 7) is 1.31. The molecule has 0 aliphatic carbocycles. The molecule has 0 bridgehead atoms. The van der Waals surface area contributed by atoms with Crippen LogP contribution in [0.3, 0.4) is 0 Å². The number of hydrogen-bond acceptors (Lipinski definition) is 3. The number of primary amides is 1. The third-order valence-electron chi connectivity index (χ3n) is 0.634. The third kappa shape index (κ3) is 6.50. The van der Waals surface area contributed by atoms with Gasteiger partial charge in [-0.1, -0.05) is 0 Å². The van der Waals surface area contributed by atoms with Crippen LogP contribution >= 0.6 is 0 Å². The number of nitrogens with one attached hydrogen (secondary N) is 1. The van der Waals surface area contributed by atoms with Gasteiger partial charge in [0.25, 0.3) is 0 Å². The normalized spacial score (nSPS) is 14.6. The summed E-state index contributed by atoms with van der Waals surface area (Å²) in [5, 5.41) is 1.05. The van der Waals surface area contributed by atoms with Gasteiger partial charge in [0.05, 0.1) is 5.37 Å². The van der Waals surface area contributed by atoms with Crippen molar-refractivity contribution < 1.29 is 43.1 Å². The maximum Gasteiger partial charge on any atom is 1.00 e. The molecule has 0 fully saturated rings. The molecule has 7 heteroatoms. The molecule has 0 saturated heterocycles. The summed E-state index contributed by atoms with van der Waals surface area (Å²) in [5.74, 6) is 0. The molecule has 0 aliphatic heterocycles. The second kappa shape index (κ2) is 6.11. The van der Waals surface area contributed by atoms with Gasteiger partial charge in [-0.25, -0.2) is 4.79 Å². The summed E-state index contributed by atoms with van der Waals surface area (Å²) in [7, 11) is 0. The summed E-state index contributed by atoms with van der Waals surface area (Å²) in [5.41, 5.74) is 4.61. The molecule has 0 aromatic rings. The SMILES string of the molecule is CC(NC(N)=O)S(=O)[O-].[Na+]. The third-order valence-corrected chi connectivity index (χ3v) is 1.33. The van der Waals surface area contributed by atoms with E-state index in [1.807, 2.05) is 5.32 Å². The van der Waals surface area contributed by atoms with Gasteiger partial charge in [0.2, 0.25) is 0 Å². The number of amides is 2. The summed E-state index contributed by atoms with van der Waals surface area (Å²) in [4.78, 5) is 9.95. The van der Waals surface area contributed by atoms with Crippen LogP contribution in [0.25, 0.3) is 0 Å². The van der Waals surface area contributed by atoms with Gasteiger partial charge in [0.1, 0.15) is 0 Å². The minimum Gasteiger partial charge on any atom is -0.771 e. The van der Waals surface area contributed by atoms with Crippen molar-refractivity contribution >= 4 is 17.1 Å². The maximum atomic E-state index is 9.96. The van der Waals surface area contributed by atoms with E-state index in [0.717, 1.165) is 0 Å². The van der Waals surface area contributed by atoms with Crippen LogP contribution in [-0.4, -0.2) is 20.2 Å². The Morgan fingerprint density at radius 3 is 2.30 bits per heavy atom. The fraction of sp³-hybridized carbons (Fsp3) is 0.667.